The molecule has 0 aliphatic heterocycles. The van der Waals surface area contributed by atoms with Gasteiger partial charge in [-0.2, -0.15) is 0 Å². The van der Waals surface area contributed by atoms with Gasteiger partial charge in [-0.25, -0.2) is 8.78 Å². The molecule has 2 aromatic heterocycles. The second-order valence-electron chi connectivity index (χ2n) is 5.98. The molecule has 2 aromatic carbocycles. The van der Waals surface area contributed by atoms with Crippen LogP contribution in [0.4, 0.5) is 8.78 Å². The molecule has 2 heterocycles. The average molecular weight is 345 g/mol. The maximum absolute atomic E-state index is 14.0. The predicted molar refractivity (Wildman–Crippen MR) is 97.1 cm³/mol. The summed E-state index contributed by atoms with van der Waals surface area (Å²) in [7, 11) is 0. The third kappa shape index (κ3) is 1.99. The zero-order chi connectivity index (χ0) is 17.0. The normalized spacial score (nSPS) is 12.4. The van der Waals surface area contributed by atoms with Crippen molar-refractivity contribution < 1.29 is 8.78 Å². The fraction of sp³-hybridized carbons (Fsp3) is 0.158. The van der Waals surface area contributed by atoms with Crippen molar-refractivity contribution in [3.8, 4) is 0 Å². The van der Waals surface area contributed by atoms with E-state index in [9.17, 15) is 8.78 Å². The summed E-state index contributed by atoms with van der Waals surface area (Å²) in [4.78, 5) is 6.57. The van der Waals surface area contributed by atoms with Crippen LogP contribution in [0.5, 0.6) is 0 Å². The minimum Gasteiger partial charge on any atom is -0.355 e. The lowest BCUT2D eigenvalue weighted by Crippen LogP contribution is -1.83. The Balaban J connectivity index is 2.16. The number of aryl methyl sites for hydroxylation is 2. The van der Waals surface area contributed by atoms with Gasteiger partial charge in [0.05, 0.1) is 10.5 Å². The Morgan fingerprint density at radius 2 is 1.75 bits per heavy atom. The molecule has 0 aliphatic rings. The first kappa shape index (κ1) is 15.2. The van der Waals surface area contributed by atoms with E-state index in [4.69, 9.17) is 11.6 Å². The zero-order valence-electron chi connectivity index (χ0n) is 13.2. The van der Waals surface area contributed by atoms with Gasteiger partial charge in [-0.3, -0.25) is 0 Å². The van der Waals surface area contributed by atoms with Gasteiger partial charge in [-0.05, 0) is 49.2 Å². The second-order valence-corrected chi connectivity index (χ2v) is 6.35. The fourth-order valence-corrected chi connectivity index (χ4v) is 3.86. The van der Waals surface area contributed by atoms with Crippen LogP contribution < -0.4 is 0 Å². The van der Waals surface area contributed by atoms with E-state index in [1.165, 1.54) is 12.1 Å². The Bertz CT molecular complexity index is 1140. The summed E-state index contributed by atoms with van der Waals surface area (Å²) in [5.74, 6) is -0.253. The van der Waals surface area contributed by atoms with Crippen LogP contribution in [0.2, 0.25) is 5.02 Å². The van der Waals surface area contributed by atoms with Gasteiger partial charge in [0, 0.05) is 32.9 Å². The molecule has 24 heavy (non-hydrogen) atoms. The van der Waals surface area contributed by atoms with Crippen molar-refractivity contribution in [2.45, 2.75) is 13.8 Å². The average Bonchev–Trinajstić information content (AvgIpc) is 3.08. The van der Waals surface area contributed by atoms with Gasteiger partial charge in [0.1, 0.15) is 12.5 Å². The molecule has 2 N–H and O–H groups in total. The summed E-state index contributed by atoms with van der Waals surface area (Å²) in [5, 5.41) is 3.08. The summed E-state index contributed by atoms with van der Waals surface area (Å²) in [5.41, 5.74) is 4.92. The van der Waals surface area contributed by atoms with Crippen molar-refractivity contribution in [2.24, 2.45) is 0 Å². The quantitative estimate of drug-likeness (QED) is 0.434. The number of hydrogen-bond donors (Lipinski definition) is 2. The molecule has 0 aliphatic carbocycles. The van der Waals surface area contributed by atoms with Crippen LogP contribution in [0.25, 0.3) is 38.8 Å². The lowest BCUT2D eigenvalue weighted by molar-refractivity contribution is 0.563. The highest BCUT2D eigenvalue weighted by atomic mass is 35.5. The lowest BCUT2D eigenvalue weighted by Gasteiger charge is -2.02. The molecule has 122 valence electrons. The van der Waals surface area contributed by atoms with Crippen LogP contribution >= 0.6 is 11.6 Å². The summed E-state index contributed by atoms with van der Waals surface area (Å²) >= 11 is 6.71. The van der Waals surface area contributed by atoms with Crippen molar-refractivity contribution in [2.75, 3.05) is 6.67 Å². The van der Waals surface area contributed by atoms with E-state index in [1.807, 2.05) is 13.0 Å². The molecule has 0 saturated carbocycles. The van der Waals surface area contributed by atoms with Crippen molar-refractivity contribution in [1.29, 1.82) is 0 Å². The molecule has 0 amide bonds. The van der Waals surface area contributed by atoms with Crippen LogP contribution in [0, 0.1) is 19.7 Å². The highest BCUT2D eigenvalue weighted by Crippen LogP contribution is 2.40. The minimum absolute atomic E-state index is 0.253. The van der Waals surface area contributed by atoms with E-state index >= 15 is 0 Å². The number of halogens is 3. The number of alkyl halides is 1. The Morgan fingerprint density at radius 1 is 1.00 bits per heavy atom. The summed E-state index contributed by atoms with van der Waals surface area (Å²) in [6, 6.07) is 5.15. The molecule has 0 spiro atoms. The molecular weight excluding hydrogens is 330 g/mol. The van der Waals surface area contributed by atoms with Crippen molar-refractivity contribution in [3.05, 3.63) is 51.9 Å². The summed E-state index contributed by atoms with van der Waals surface area (Å²) in [6.45, 7) is 3.17. The van der Waals surface area contributed by atoms with Crippen LogP contribution in [0.3, 0.4) is 0 Å². The van der Waals surface area contributed by atoms with Crippen LogP contribution in [-0.2, 0) is 0 Å². The first-order valence-electron chi connectivity index (χ1n) is 7.66. The molecule has 0 saturated heterocycles. The maximum atomic E-state index is 14.0. The SMILES string of the molecule is Cc1c(/C=C\CF)[nH]c2cc3[nH]c4ccc(F)c(C)c4c3c(Cl)c12. The van der Waals surface area contributed by atoms with Gasteiger partial charge in [-0.1, -0.05) is 17.7 Å². The highest BCUT2D eigenvalue weighted by molar-refractivity contribution is 6.43. The van der Waals surface area contributed by atoms with Crippen LogP contribution in [-0.4, -0.2) is 16.6 Å². The number of aromatic amines is 2. The fourth-order valence-electron chi connectivity index (χ4n) is 3.42. The summed E-state index contributed by atoms with van der Waals surface area (Å²) < 4.78 is 26.4. The van der Waals surface area contributed by atoms with E-state index in [0.717, 1.165) is 44.0 Å². The first-order valence-corrected chi connectivity index (χ1v) is 8.04. The number of fused-ring (bicyclic) bond motifs is 4. The van der Waals surface area contributed by atoms with Crippen LogP contribution in [0.15, 0.2) is 24.3 Å². The number of nitrogens with one attached hydrogen (secondary N) is 2. The molecular formula is C19H15ClF2N2. The second kappa shape index (κ2) is 5.35. The standard InChI is InChI=1S/C19H15ClF2N2/c1-9-11(22)5-6-13-16(9)18-15(24-13)8-14-17(19(18)20)10(2)12(23-14)4-3-7-21/h3-6,8,23-24H,7H2,1-2H3/b4-3-. The monoisotopic (exact) mass is 344 g/mol. The maximum Gasteiger partial charge on any atom is 0.126 e. The molecule has 0 bridgehead atoms. The number of H-pyrrole nitrogens is 2. The largest absolute Gasteiger partial charge is 0.355 e. The molecule has 2 nitrogen and oxygen atoms in total. The molecule has 0 radical (unpaired) electrons. The molecule has 4 aromatic rings. The number of aromatic nitrogens is 2. The zero-order valence-corrected chi connectivity index (χ0v) is 14.0. The molecule has 0 unspecified atom stereocenters. The molecule has 0 fully saturated rings. The van der Waals surface area contributed by atoms with Gasteiger partial charge >= 0.3 is 0 Å². The lowest BCUT2D eigenvalue weighted by atomic mass is 10.0. The third-order valence-corrected chi connectivity index (χ3v) is 4.98. The summed E-state index contributed by atoms with van der Waals surface area (Å²) in [6.07, 6.45) is 3.16. The molecule has 4 rings (SSSR count). The number of allylic oxidation sites excluding steroid dienone is 1. The smallest absolute Gasteiger partial charge is 0.126 e. The minimum atomic E-state index is -0.521. The van der Waals surface area contributed by atoms with Crippen molar-refractivity contribution in [3.63, 3.8) is 0 Å². The van der Waals surface area contributed by atoms with E-state index in [-0.39, 0.29) is 5.82 Å². The number of benzene rings is 2. The van der Waals surface area contributed by atoms with E-state index < -0.39 is 6.67 Å². The molecule has 0 atom stereocenters. The Hall–Kier alpha value is -2.33. The Kier molecular flexibility index (Phi) is 3.39. The third-order valence-electron chi connectivity index (χ3n) is 4.61. The van der Waals surface area contributed by atoms with Crippen LogP contribution in [0.1, 0.15) is 16.8 Å². The van der Waals surface area contributed by atoms with E-state index in [2.05, 4.69) is 9.97 Å². The highest BCUT2D eigenvalue weighted by Gasteiger charge is 2.18. The number of rotatable bonds is 2. The van der Waals surface area contributed by atoms with Crippen molar-refractivity contribution in [1.82, 2.24) is 9.97 Å². The van der Waals surface area contributed by atoms with Crippen molar-refractivity contribution >= 4 is 50.4 Å². The number of hydrogen-bond acceptors (Lipinski definition) is 0. The van der Waals surface area contributed by atoms with Gasteiger partial charge in [0.15, 0.2) is 0 Å². The van der Waals surface area contributed by atoms with Gasteiger partial charge in [0.2, 0.25) is 0 Å². The predicted octanol–water partition coefficient (Wildman–Crippen LogP) is 6.19. The van der Waals surface area contributed by atoms with Gasteiger partial charge in [-0.15, -0.1) is 0 Å². The van der Waals surface area contributed by atoms with E-state index in [0.29, 0.717) is 10.6 Å². The molecule has 5 heteroatoms. The van der Waals surface area contributed by atoms with Gasteiger partial charge < -0.3 is 9.97 Å². The first-order chi connectivity index (χ1) is 11.5. The van der Waals surface area contributed by atoms with E-state index in [1.54, 1.807) is 19.1 Å². The topological polar surface area (TPSA) is 31.6 Å². The van der Waals surface area contributed by atoms with Gasteiger partial charge in [0.25, 0.3) is 0 Å². The Labute approximate surface area is 142 Å². The Morgan fingerprint density at radius 3 is 2.50 bits per heavy atom.